The summed E-state index contributed by atoms with van der Waals surface area (Å²) in [6, 6.07) is 1.20. The van der Waals surface area contributed by atoms with Gasteiger partial charge in [-0.3, -0.25) is 9.36 Å². The van der Waals surface area contributed by atoms with Gasteiger partial charge in [-0.2, -0.15) is 13.8 Å². The fraction of sp³-hybridized carbons (Fsp3) is 0.706. The molecule has 0 spiro atoms. The molecule has 1 unspecified atom stereocenters. The molecule has 8 nitrogen and oxygen atoms in total. The van der Waals surface area contributed by atoms with Gasteiger partial charge in [0.25, 0.3) is 0 Å². The van der Waals surface area contributed by atoms with Crippen molar-refractivity contribution in [1.82, 2.24) is 9.55 Å². The number of carbonyl (C=O) groups excluding carboxylic acids is 1. The highest BCUT2D eigenvalue weighted by molar-refractivity contribution is 5.89. The predicted molar refractivity (Wildman–Crippen MR) is 92.5 cm³/mol. The predicted octanol–water partition coefficient (Wildman–Crippen LogP) is 1.43. The second kappa shape index (κ2) is 9.34. The van der Waals surface area contributed by atoms with Crippen LogP contribution in [0, 0.1) is 0 Å². The van der Waals surface area contributed by atoms with Crippen LogP contribution in [0.2, 0.25) is 0 Å². The Morgan fingerprint density at radius 3 is 2.67 bits per heavy atom. The van der Waals surface area contributed by atoms with Crippen LogP contribution < -0.4 is 11.0 Å². The monoisotopic (exact) mass is 389 g/mol. The summed E-state index contributed by atoms with van der Waals surface area (Å²) in [4.78, 5) is 27.5. The van der Waals surface area contributed by atoms with Crippen LogP contribution in [0.5, 0.6) is 0 Å². The van der Waals surface area contributed by atoms with Crippen molar-refractivity contribution in [2.45, 2.75) is 69.8 Å². The summed E-state index contributed by atoms with van der Waals surface area (Å²) in [5.74, 6) is -4.13. The van der Waals surface area contributed by atoms with Gasteiger partial charge in [-0.05, 0) is 12.5 Å². The number of hydrogen-bond donors (Lipinski definition) is 3. The number of aromatic nitrogens is 2. The highest BCUT2D eigenvalue weighted by Gasteiger charge is 2.59. The number of nitrogens with zero attached hydrogens (tertiary/aromatic N) is 2. The zero-order valence-corrected chi connectivity index (χ0v) is 15.1. The zero-order valence-electron chi connectivity index (χ0n) is 15.1. The van der Waals surface area contributed by atoms with Crippen LogP contribution >= 0.6 is 0 Å². The highest BCUT2D eigenvalue weighted by atomic mass is 19.3. The summed E-state index contributed by atoms with van der Waals surface area (Å²) >= 11 is 0. The molecular formula is C17H25F2N3O5. The number of aliphatic hydroxyl groups excluding tert-OH is 2. The number of ether oxygens (including phenoxy) is 1. The van der Waals surface area contributed by atoms with E-state index in [-0.39, 0.29) is 18.1 Å². The van der Waals surface area contributed by atoms with E-state index in [4.69, 9.17) is 9.84 Å². The number of aliphatic hydroxyl groups is 2. The van der Waals surface area contributed by atoms with Crippen LogP contribution in [0.1, 0.15) is 51.7 Å². The third kappa shape index (κ3) is 5.08. The SMILES string of the molecule is CCCCCCCC(=O)Nc1ccn([C@@H]2O[C@H](CO)C(O)C2(F)F)c(=O)n1. The number of halogens is 2. The first-order valence-electron chi connectivity index (χ1n) is 9.02. The normalized spacial score (nSPS) is 24.1. The average Bonchev–Trinajstić information content (AvgIpc) is 2.85. The Morgan fingerprint density at radius 2 is 2.07 bits per heavy atom. The minimum atomic E-state index is -3.78. The first kappa shape index (κ1) is 21.4. The second-order valence-electron chi connectivity index (χ2n) is 6.54. The number of unbranched alkanes of at least 4 members (excludes halogenated alkanes) is 4. The maximum atomic E-state index is 14.1. The van der Waals surface area contributed by atoms with Crippen LogP contribution in [0.4, 0.5) is 14.6 Å². The molecule has 1 amide bonds. The van der Waals surface area contributed by atoms with Crippen LogP contribution in [-0.2, 0) is 9.53 Å². The molecule has 0 saturated carbocycles. The van der Waals surface area contributed by atoms with E-state index in [2.05, 4.69) is 17.2 Å². The molecule has 1 saturated heterocycles. The summed E-state index contributed by atoms with van der Waals surface area (Å²) in [5.41, 5.74) is -1.06. The molecule has 0 aromatic carbocycles. The molecule has 1 aromatic rings. The van der Waals surface area contributed by atoms with Gasteiger partial charge in [0.1, 0.15) is 11.9 Å². The van der Waals surface area contributed by atoms with Crippen LogP contribution in [0.25, 0.3) is 0 Å². The first-order valence-corrected chi connectivity index (χ1v) is 9.02. The number of nitrogens with one attached hydrogen (secondary N) is 1. The standard InChI is InChI=1S/C17H25F2N3O5/c1-2-3-4-5-6-7-13(24)20-12-8-9-22(16(26)21-12)15-17(18,19)14(25)11(10-23)27-15/h8-9,11,14-15,23,25H,2-7,10H2,1H3,(H,20,21,24,26)/t11-,14?,15-/m1/s1. The summed E-state index contributed by atoms with van der Waals surface area (Å²) < 4.78 is 33.6. The molecule has 0 radical (unpaired) electrons. The lowest BCUT2D eigenvalue weighted by Crippen LogP contribution is -2.41. The van der Waals surface area contributed by atoms with E-state index in [0.717, 1.165) is 31.9 Å². The molecular weight excluding hydrogens is 364 g/mol. The number of anilines is 1. The van der Waals surface area contributed by atoms with E-state index in [0.29, 0.717) is 11.0 Å². The van der Waals surface area contributed by atoms with Crippen LogP contribution in [-0.4, -0.2) is 50.4 Å². The average molecular weight is 389 g/mol. The van der Waals surface area contributed by atoms with Crippen molar-refractivity contribution in [2.24, 2.45) is 0 Å². The van der Waals surface area contributed by atoms with Gasteiger partial charge < -0.3 is 20.3 Å². The molecule has 1 aromatic heterocycles. The maximum Gasteiger partial charge on any atom is 0.351 e. The van der Waals surface area contributed by atoms with Crippen molar-refractivity contribution in [1.29, 1.82) is 0 Å². The second-order valence-corrected chi connectivity index (χ2v) is 6.54. The molecule has 1 aliphatic heterocycles. The fourth-order valence-corrected chi connectivity index (χ4v) is 2.87. The quantitative estimate of drug-likeness (QED) is 0.551. The zero-order chi connectivity index (χ0) is 20.0. The molecule has 27 heavy (non-hydrogen) atoms. The molecule has 10 heteroatoms. The molecule has 0 bridgehead atoms. The molecule has 152 valence electrons. The summed E-state index contributed by atoms with van der Waals surface area (Å²) in [6.45, 7) is 1.28. The topological polar surface area (TPSA) is 114 Å². The van der Waals surface area contributed by atoms with Gasteiger partial charge in [0.15, 0.2) is 6.10 Å². The van der Waals surface area contributed by atoms with Crippen molar-refractivity contribution >= 4 is 11.7 Å². The molecule has 2 rings (SSSR count). The van der Waals surface area contributed by atoms with Crippen molar-refractivity contribution in [3.8, 4) is 0 Å². The van der Waals surface area contributed by atoms with E-state index in [1.807, 2.05) is 0 Å². The van der Waals surface area contributed by atoms with Gasteiger partial charge in [0.2, 0.25) is 12.1 Å². The van der Waals surface area contributed by atoms with Gasteiger partial charge in [0.05, 0.1) is 6.61 Å². The van der Waals surface area contributed by atoms with Gasteiger partial charge in [-0.1, -0.05) is 32.6 Å². The third-order valence-electron chi connectivity index (χ3n) is 4.42. The van der Waals surface area contributed by atoms with Crippen molar-refractivity contribution in [2.75, 3.05) is 11.9 Å². The number of amides is 1. The minimum Gasteiger partial charge on any atom is -0.394 e. The Morgan fingerprint density at radius 1 is 1.37 bits per heavy atom. The summed E-state index contributed by atoms with van der Waals surface area (Å²) in [7, 11) is 0. The largest absolute Gasteiger partial charge is 0.394 e. The lowest BCUT2D eigenvalue weighted by Gasteiger charge is -2.21. The molecule has 2 heterocycles. The Labute approximate surface area is 155 Å². The van der Waals surface area contributed by atoms with Crippen molar-refractivity contribution in [3.63, 3.8) is 0 Å². The number of alkyl halides is 2. The Hall–Kier alpha value is -1.91. The number of carbonyl (C=O) groups is 1. The highest BCUT2D eigenvalue weighted by Crippen LogP contribution is 2.41. The smallest absolute Gasteiger partial charge is 0.351 e. The Bertz CT molecular complexity index is 697. The van der Waals surface area contributed by atoms with E-state index in [9.17, 15) is 23.5 Å². The van der Waals surface area contributed by atoms with E-state index in [1.165, 1.54) is 6.07 Å². The van der Waals surface area contributed by atoms with Gasteiger partial charge in [0, 0.05) is 12.6 Å². The first-order chi connectivity index (χ1) is 12.8. The minimum absolute atomic E-state index is 0.0459. The van der Waals surface area contributed by atoms with Crippen molar-refractivity contribution in [3.05, 3.63) is 22.7 Å². The van der Waals surface area contributed by atoms with Crippen LogP contribution in [0.15, 0.2) is 17.1 Å². The molecule has 1 aliphatic rings. The Kier molecular flexibility index (Phi) is 7.40. The maximum absolute atomic E-state index is 14.1. The van der Waals surface area contributed by atoms with Gasteiger partial charge >= 0.3 is 11.6 Å². The summed E-state index contributed by atoms with van der Waals surface area (Å²) in [6.07, 6.45) is 0.356. The summed E-state index contributed by atoms with van der Waals surface area (Å²) in [5, 5.41) is 21.0. The molecule has 0 aliphatic carbocycles. The van der Waals surface area contributed by atoms with Gasteiger partial charge in [-0.15, -0.1) is 0 Å². The van der Waals surface area contributed by atoms with Crippen LogP contribution in [0.3, 0.4) is 0 Å². The van der Waals surface area contributed by atoms with E-state index < -0.39 is 36.7 Å². The lowest BCUT2D eigenvalue weighted by atomic mass is 10.1. The Balaban J connectivity index is 1.99. The third-order valence-corrected chi connectivity index (χ3v) is 4.42. The molecule has 1 fully saturated rings. The van der Waals surface area contributed by atoms with Gasteiger partial charge in [-0.25, -0.2) is 4.79 Å². The van der Waals surface area contributed by atoms with E-state index >= 15 is 0 Å². The molecule has 3 atom stereocenters. The van der Waals surface area contributed by atoms with Crippen molar-refractivity contribution < 1.29 is 28.5 Å². The lowest BCUT2D eigenvalue weighted by molar-refractivity contribution is -0.141. The number of rotatable bonds is 9. The number of hydrogen-bond acceptors (Lipinski definition) is 6. The molecule has 3 N–H and O–H groups in total. The van der Waals surface area contributed by atoms with E-state index in [1.54, 1.807) is 0 Å². The fourth-order valence-electron chi connectivity index (χ4n) is 2.87.